The average Bonchev–Trinajstić information content (AvgIpc) is 3.15. The van der Waals surface area contributed by atoms with E-state index in [1.54, 1.807) is 0 Å². The number of rotatable bonds is 42. The summed E-state index contributed by atoms with van der Waals surface area (Å²) in [5, 5.41) is 0. The fourth-order valence-electron chi connectivity index (χ4n) is 6.30. The zero-order valence-corrected chi connectivity index (χ0v) is 38.0. The van der Waals surface area contributed by atoms with Gasteiger partial charge in [0.05, 0.1) is 27.7 Å². The Morgan fingerprint density at radius 1 is 0.536 bits per heavy atom. The minimum atomic E-state index is -4.38. The lowest BCUT2D eigenvalue weighted by atomic mass is 10.1. The number of carbonyl (C=O) groups is 2. The molecule has 0 aromatic carbocycles. The maximum atomic E-state index is 12.7. The molecular formula is C46H89NO8P+. The van der Waals surface area contributed by atoms with Crippen LogP contribution in [0.2, 0.25) is 0 Å². The van der Waals surface area contributed by atoms with Gasteiger partial charge >= 0.3 is 19.8 Å². The van der Waals surface area contributed by atoms with Crippen LogP contribution >= 0.6 is 7.82 Å². The highest BCUT2D eigenvalue weighted by molar-refractivity contribution is 7.47. The number of ether oxygens (including phenoxy) is 2. The van der Waals surface area contributed by atoms with Crippen molar-refractivity contribution in [2.24, 2.45) is 0 Å². The number of nitrogens with zero attached hydrogens (tertiary/aromatic N) is 1. The van der Waals surface area contributed by atoms with Crippen LogP contribution < -0.4 is 0 Å². The van der Waals surface area contributed by atoms with Gasteiger partial charge in [-0.15, -0.1) is 0 Å². The van der Waals surface area contributed by atoms with Crippen LogP contribution in [0.3, 0.4) is 0 Å². The molecule has 0 aliphatic heterocycles. The second-order valence-corrected chi connectivity index (χ2v) is 18.2. The molecule has 10 heteroatoms. The number of carbonyl (C=O) groups excluding carboxylic acids is 2. The number of likely N-dealkylation sites (N-methyl/N-ethyl adjacent to an activating group) is 1. The second kappa shape index (κ2) is 39.0. The number of allylic oxidation sites excluding steroid dienone is 4. The van der Waals surface area contributed by atoms with Gasteiger partial charge in [0.15, 0.2) is 6.10 Å². The number of hydrogen-bond acceptors (Lipinski definition) is 7. The Kier molecular flexibility index (Phi) is 37.9. The number of phosphoric acid groups is 1. The molecule has 0 aliphatic rings. The van der Waals surface area contributed by atoms with E-state index < -0.39 is 26.5 Å². The molecule has 9 nitrogen and oxygen atoms in total. The van der Waals surface area contributed by atoms with Gasteiger partial charge in [0.1, 0.15) is 19.8 Å². The lowest BCUT2D eigenvalue weighted by molar-refractivity contribution is -0.870. The average molecular weight is 815 g/mol. The van der Waals surface area contributed by atoms with Crippen LogP contribution in [-0.4, -0.2) is 74.9 Å². The lowest BCUT2D eigenvalue weighted by Crippen LogP contribution is -2.37. The van der Waals surface area contributed by atoms with Crippen molar-refractivity contribution < 1.29 is 42.1 Å². The van der Waals surface area contributed by atoms with Crippen molar-refractivity contribution in [3.63, 3.8) is 0 Å². The summed E-state index contributed by atoms with van der Waals surface area (Å²) in [7, 11) is 1.47. The molecule has 0 amide bonds. The number of phosphoric ester groups is 1. The molecule has 1 unspecified atom stereocenters. The van der Waals surface area contributed by atoms with E-state index in [1.807, 2.05) is 21.1 Å². The topological polar surface area (TPSA) is 108 Å². The molecule has 0 aromatic rings. The first-order chi connectivity index (χ1) is 27.0. The van der Waals surface area contributed by atoms with Gasteiger partial charge < -0.3 is 18.9 Å². The molecule has 0 aliphatic carbocycles. The van der Waals surface area contributed by atoms with E-state index in [-0.39, 0.29) is 32.0 Å². The first-order valence-electron chi connectivity index (χ1n) is 23.1. The van der Waals surface area contributed by atoms with Crippen molar-refractivity contribution in [1.29, 1.82) is 0 Å². The molecule has 2 atom stereocenters. The quantitative estimate of drug-likeness (QED) is 0.0213. The minimum absolute atomic E-state index is 0.0308. The van der Waals surface area contributed by atoms with Gasteiger partial charge in [-0.2, -0.15) is 0 Å². The largest absolute Gasteiger partial charge is 0.472 e. The maximum absolute atomic E-state index is 12.7. The number of quaternary nitrogens is 1. The van der Waals surface area contributed by atoms with Crippen molar-refractivity contribution in [2.75, 3.05) is 47.5 Å². The molecule has 330 valence electrons. The molecule has 0 aromatic heterocycles. The van der Waals surface area contributed by atoms with Crippen LogP contribution in [-0.2, 0) is 32.7 Å². The molecule has 56 heavy (non-hydrogen) atoms. The molecule has 0 heterocycles. The number of hydrogen-bond donors (Lipinski definition) is 1. The fraction of sp³-hybridized carbons (Fsp3) is 0.870. The summed E-state index contributed by atoms with van der Waals surface area (Å²) in [6, 6.07) is 0. The number of esters is 2. The van der Waals surface area contributed by atoms with Gasteiger partial charge in [-0.05, 0) is 64.2 Å². The lowest BCUT2D eigenvalue weighted by Gasteiger charge is -2.24. The molecule has 0 fully saturated rings. The van der Waals surface area contributed by atoms with Crippen LogP contribution in [0.1, 0.15) is 206 Å². The van der Waals surface area contributed by atoms with Crippen molar-refractivity contribution in [3.05, 3.63) is 24.3 Å². The standard InChI is InChI=1S/C46H88NO8P/c1-6-8-10-12-14-16-18-20-22-23-25-27-29-31-33-35-37-39-46(49)55-44(43-54-56(50,51)53-41-40-47(3,4)5)42-52-45(48)38-36-34-32-30-28-26-24-21-19-17-15-13-11-9-7-2/h20-22,24,44H,6-19,23,25-43H2,1-5H3/p+1/b22-20-,24-21-/t44-/m1/s1. The Morgan fingerprint density at radius 2 is 0.911 bits per heavy atom. The summed E-state index contributed by atoms with van der Waals surface area (Å²) < 4.78 is 34.3. The van der Waals surface area contributed by atoms with Crippen LogP contribution in [0, 0.1) is 0 Å². The Morgan fingerprint density at radius 3 is 1.32 bits per heavy atom. The SMILES string of the molecule is CCCCCCCC/C=C\CCCCCCCCCC(=O)O[C@H](COC(=O)CCCCCCC/C=C\CCCCCCCC)COP(=O)(O)OCC[N+](C)(C)C. The Labute approximate surface area is 345 Å². The van der Waals surface area contributed by atoms with E-state index >= 15 is 0 Å². The van der Waals surface area contributed by atoms with Gasteiger partial charge in [0, 0.05) is 12.8 Å². The Balaban J connectivity index is 4.34. The summed E-state index contributed by atoms with van der Waals surface area (Å²) in [5.41, 5.74) is 0. The highest BCUT2D eigenvalue weighted by Crippen LogP contribution is 2.43. The molecule has 0 bridgehead atoms. The zero-order valence-electron chi connectivity index (χ0n) is 37.1. The second-order valence-electron chi connectivity index (χ2n) is 16.8. The molecule has 0 rings (SSSR count). The van der Waals surface area contributed by atoms with Crippen molar-refractivity contribution in [1.82, 2.24) is 0 Å². The normalized spacial score (nSPS) is 13.8. The van der Waals surface area contributed by atoms with Gasteiger partial charge in [0.2, 0.25) is 0 Å². The minimum Gasteiger partial charge on any atom is -0.462 e. The maximum Gasteiger partial charge on any atom is 0.472 e. The van der Waals surface area contributed by atoms with Crippen molar-refractivity contribution in [2.45, 2.75) is 213 Å². The van der Waals surface area contributed by atoms with Crippen LogP contribution in [0.15, 0.2) is 24.3 Å². The van der Waals surface area contributed by atoms with Crippen LogP contribution in [0.5, 0.6) is 0 Å². The van der Waals surface area contributed by atoms with Crippen molar-refractivity contribution >= 4 is 19.8 Å². The highest BCUT2D eigenvalue weighted by Gasteiger charge is 2.27. The molecule has 0 saturated heterocycles. The molecular weight excluding hydrogens is 725 g/mol. The smallest absolute Gasteiger partial charge is 0.462 e. The third-order valence-electron chi connectivity index (χ3n) is 9.95. The van der Waals surface area contributed by atoms with E-state index in [2.05, 4.69) is 38.2 Å². The van der Waals surface area contributed by atoms with Crippen LogP contribution in [0.4, 0.5) is 0 Å². The van der Waals surface area contributed by atoms with E-state index in [9.17, 15) is 19.0 Å². The first kappa shape index (κ1) is 54.5. The monoisotopic (exact) mass is 815 g/mol. The van der Waals surface area contributed by atoms with E-state index in [1.165, 1.54) is 109 Å². The molecule has 1 N–H and O–H groups in total. The molecule has 0 spiro atoms. The predicted octanol–water partition coefficient (Wildman–Crippen LogP) is 13.1. The van der Waals surface area contributed by atoms with E-state index in [0.717, 1.165) is 64.2 Å². The highest BCUT2D eigenvalue weighted by atomic mass is 31.2. The predicted molar refractivity (Wildman–Crippen MR) is 234 cm³/mol. The van der Waals surface area contributed by atoms with Gasteiger partial charge in [-0.25, -0.2) is 4.57 Å². The number of unbranched alkanes of at least 4 members (excludes halogenated alkanes) is 24. The Bertz CT molecular complexity index is 1010. The fourth-order valence-corrected chi connectivity index (χ4v) is 7.04. The van der Waals surface area contributed by atoms with Crippen LogP contribution in [0.25, 0.3) is 0 Å². The first-order valence-corrected chi connectivity index (χ1v) is 24.6. The van der Waals surface area contributed by atoms with Gasteiger partial charge in [-0.1, -0.05) is 154 Å². The summed E-state index contributed by atoms with van der Waals surface area (Å²) in [6.45, 7) is 4.41. The third-order valence-corrected chi connectivity index (χ3v) is 10.9. The summed E-state index contributed by atoms with van der Waals surface area (Å²) >= 11 is 0. The Hall–Kier alpha value is -1.51. The van der Waals surface area contributed by atoms with Crippen molar-refractivity contribution in [3.8, 4) is 0 Å². The third kappa shape index (κ3) is 42.1. The van der Waals surface area contributed by atoms with Gasteiger partial charge in [-0.3, -0.25) is 18.6 Å². The van der Waals surface area contributed by atoms with E-state index in [4.69, 9.17) is 18.5 Å². The van der Waals surface area contributed by atoms with Gasteiger partial charge in [0.25, 0.3) is 0 Å². The van der Waals surface area contributed by atoms with E-state index in [0.29, 0.717) is 17.4 Å². The molecule has 0 radical (unpaired) electrons. The summed E-state index contributed by atoms with van der Waals surface area (Å²) in [6.07, 6.45) is 42.2. The molecule has 0 saturated carbocycles. The zero-order chi connectivity index (χ0) is 41.4. The summed E-state index contributed by atoms with van der Waals surface area (Å²) in [4.78, 5) is 35.4. The summed E-state index contributed by atoms with van der Waals surface area (Å²) in [5.74, 6) is -0.808.